The monoisotopic (exact) mass is 1400 g/mol. The Morgan fingerprint density at radius 3 is 0.729 bits per heavy atom. The van der Waals surface area contributed by atoms with Crippen LogP contribution in [0.4, 0.5) is 0 Å². The molecule has 6 rings (SSSR count). The molecule has 6 aliphatic heterocycles. The van der Waals surface area contributed by atoms with E-state index in [1.807, 2.05) is 0 Å². The first-order chi connectivity index (χ1) is 46.2. The van der Waals surface area contributed by atoms with Gasteiger partial charge in [0.05, 0.1) is 52.9 Å². The zero-order valence-corrected chi connectivity index (χ0v) is 55.3. The Bertz CT molecular complexity index is 1990. The Labute approximate surface area is 560 Å². The van der Waals surface area contributed by atoms with Crippen LogP contribution in [0, 0.1) is 0 Å². The molecule has 96 heavy (non-hydrogen) atoms. The van der Waals surface area contributed by atoms with Crippen LogP contribution >= 0.6 is 0 Å². The van der Waals surface area contributed by atoms with Crippen molar-refractivity contribution in [1.29, 1.82) is 0 Å². The van der Waals surface area contributed by atoms with Gasteiger partial charge >= 0.3 is 0 Å². The Morgan fingerprint density at radius 2 is 0.469 bits per heavy atom. The summed E-state index contributed by atoms with van der Waals surface area (Å²) in [7, 11) is 0. The summed E-state index contributed by atoms with van der Waals surface area (Å²) in [4.78, 5) is 0. The fourth-order valence-electron chi connectivity index (χ4n) is 12.7. The summed E-state index contributed by atoms with van der Waals surface area (Å²) in [6, 6.07) is 0. The molecule has 6 aliphatic rings. The quantitative estimate of drug-likeness (QED) is 0.0255. The Kier molecular flexibility index (Phi) is 38.1. The number of ether oxygens (including phenoxy) is 14. The van der Waals surface area contributed by atoms with Crippen LogP contribution in [-0.2, 0) is 66.3 Å². The van der Waals surface area contributed by atoms with Crippen molar-refractivity contribution in [3.05, 3.63) is 0 Å². The fourth-order valence-corrected chi connectivity index (χ4v) is 12.7. The van der Waals surface area contributed by atoms with Crippen LogP contribution in [-0.4, -0.2) is 353 Å². The summed E-state index contributed by atoms with van der Waals surface area (Å²) in [6.07, 6.45) is -33.9. The van der Waals surface area contributed by atoms with Gasteiger partial charge in [-0.05, 0) is 12.8 Å². The highest BCUT2D eigenvalue weighted by atomic mass is 16.8. The molecule has 0 aliphatic carbocycles. The van der Waals surface area contributed by atoms with Crippen LogP contribution in [0.1, 0.15) is 142 Å². The van der Waals surface area contributed by atoms with E-state index in [9.17, 15) is 97.0 Å². The average Bonchev–Trinajstić information content (AvgIpc) is 0.783. The van der Waals surface area contributed by atoms with Gasteiger partial charge in [-0.15, -0.1) is 0 Å². The molecule has 0 bridgehead atoms. The zero-order valence-electron chi connectivity index (χ0n) is 55.3. The van der Waals surface area contributed by atoms with Crippen molar-refractivity contribution in [2.45, 2.75) is 333 Å². The maximum absolute atomic E-state index is 11.5. The Morgan fingerprint density at radius 1 is 0.250 bits per heavy atom. The van der Waals surface area contributed by atoms with Crippen LogP contribution in [0.2, 0.25) is 0 Å². The minimum absolute atomic E-state index is 0.0669. The van der Waals surface area contributed by atoms with E-state index in [1.54, 1.807) is 0 Å². The van der Waals surface area contributed by atoms with Crippen LogP contribution in [0.5, 0.6) is 0 Å². The summed E-state index contributed by atoms with van der Waals surface area (Å²) in [5.74, 6) is 0. The molecule has 19 N–H and O–H groups in total. The lowest BCUT2D eigenvalue weighted by molar-refractivity contribution is -0.396. The van der Waals surface area contributed by atoms with Crippen molar-refractivity contribution >= 4 is 0 Å². The predicted octanol–water partition coefficient (Wildman–Crippen LogP) is -4.83. The van der Waals surface area contributed by atoms with Gasteiger partial charge in [0.1, 0.15) is 153 Å². The highest BCUT2D eigenvalue weighted by Gasteiger charge is 2.58. The topological polar surface area (TPSA) is 514 Å². The highest BCUT2D eigenvalue weighted by molar-refractivity contribution is 5.00. The molecule has 0 spiro atoms. The number of hydrogen-bond acceptors (Lipinski definition) is 33. The van der Waals surface area contributed by atoms with Crippen molar-refractivity contribution in [1.82, 2.24) is 0 Å². The average molecular weight is 1400 g/mol. The lowest BCUT2D eigenvalue weighted by Crippen LogP contribution is -2.68. The minimum atomic E-state index is -2.18. The van der Waals surface area contributed by atoms with Crippen LogP contribution in [0.15, 0.2) is 0 Å². The molecule has 6 heterocycles. The first-order valence-corrected chi connectivity index (χ1v) is 34.7. The van der Waals surface area contributed by atoms with E-state index in [-0.39, 0.29) is 13.2 Å². The molecule has 33 heteroatoms. The molecular formula is C63H116O33. The Hall–Kier alpha value is -1.32. The summed E-state index contributed by atoms with van der Waals surface area (Å²) >= 11 is 0. The third-order valence-corrected chi connectivity index (χ3v) is 18.6. The maximum Gasteiger partial charge on any atom is 0.187 e. The number of aliphatic hydroxyl groups is 19. The van der Waals surface area contributed by atoms with Crippen molar-refractivity contribution in [2.75, 3.05) is 66.1 Å². The van der Waals surface area contributed by atoms with Crippen LogP contribution < -0.4 is 0 Å². The largest absolute Gasteiger partial charge is 0.394 e. The summed E-state index contributed by atoms with van der Waals surface area (Å²) in [5.41, 5.74) is 0. The van der Waals surface area contributed by atoms with Gasteiger partial charge in [0.15, 0.2) is 37.7 Å². The molecule has 566 valence electrons. The second-order valence-corrected chi connectivity index (χ2v) is 26.0. The van der Waals surface area contributed by atoms with E-state index in [1.165, 1.54) is 77.0 Å². The lowest BCUT2D eigenvalue weighted by atomic mass is 9.95. The van der Waals surface area contributed by atoms with E-state index in [0.29, 0.717) is 13.2 Å². The molecule has 0 amide bonds. The fraction of sp³-hybridized carbons (Fsp3) is 1.00. The van der Waals surface area contributed by atoms with E-state index in [2.05, 4.69) is 13.8 Å². The first-order valence-electron chi connectivity index (χ1n) is 34.7. The molecule has 0 radical (unpaired) electrons. The number of rotatable bonds is 44. The second-order valence-electron chi connectivity index (χ2n) is 26.0. The highest BCUT2D eigenvalue weighted by Crippen LogP contribution is 2.37. The summed E-state index contributed by atoms with van der Waals surface area (Å²) in [5, 5.41) is 206. The van der Waals surface area contributed by atoms with Crippen molar-refractivity contribution < 1.29 is 163 Å². The van der Waals surface area contributed by atoms with Gasteiger partial charge in [0, 0.05) is 13.2 Å². The smallest absolute Gasteiger partial charge is 0.187 e. The van der Waals surface area contributed by atoms with Gasteiger partial charge in [0.2, 0.25) is 0 Å². The van der Waals surface area contributed by atoms with Crippen LogP contribution in [0.25, 0.3) is 0 Å². The van der Waals surface area contributed by atoms with E-state index in [0.717, 1.165) is 51.4 Å². The molecule has 0 aromatic rings. The summed E-state index contributed by atoms with van der Waals surface area (Å²) < 4.78 is 81.1. The molecule has 30 atom stereocenters. The maximum atomic E-state index is 11.5. The SMILES string of the molecule is CCCCCCCCCCCCOCC(COCCCCCCCCCCCC)O[C@@H]1O[C@H](CO)[C@@H](O[C@H]2O[C@H](CO)[C@@H](O[C@H]3O[C@H](CO)[C@@H](O[C@H]4O[C@H](CO)[C@@H](O[C@H]5O[C@H](CO)[C@@H](O[C@H]6O[C@H](CO)[C@@H](O)[C@H](O)[C@H]6O)[C@H](O)[C@H]5O)[C@H](O)[C@H]4O)[C@H](O)[C@H]3O)[C@H](O)[C@H]2O)[C@H](O)[C@H]1O. The standard InChI is InChI=1S/C63H116O33/c1-3-5-7-9-11-13-15-17-19-21-23-83-31-33(32-84-24-22-20-18-16-14-12-10-8-6-4-2)85-58-48(78)42(72)53(35(26-65)87-58)93-60-50(80)44(74)55(37(28-67)89-60)95-62-52(82)46(76)57(39(30-69)91-62)96-63-51(81)45(75)56(38(29-68)90-63)94-61-49(79)43(73)54(36(27-66)88-61)92-59-47(77)41(71)40(70)34(25-64)86-59/h33-82H,3-32H2,1-2H3/t34-,35-,36-,37-,38-,39-,40-,41+,42-,43-,44-,45-,46-,47-,48-,49-,50-,51-,52-,53-,54-,55-,56-,57-,58-,59-,60-,61-,62-,63-/m1/s1. The van der Waals surface area contributed by atoms with Crippen molar-refractivity contribution in [2.24, 2.45) is 0 Å². The predicted molar refractivity (Wildman–Crippen MR) is 327 cm³/mol. The van der Waals surface area contributed by atoms with E-state index < -0.39 is 230 Å². The Balaban J connectivity index is 1.00. The van der Waals surface area contributed by atoms with Gasteiger partial charge in [-0.2, -0.15) is 0 Å². The van der Waals surface area contributed by atoms with Gasteiger partial charge < -0.3 is 163 Å². The third-order valence-electron chi connectivity index (χ3n) is 18.6. The molecule has 0 unspecified atom stereocenters. The molecule has 6 fully saturated rings. The van der Waals surface area contributed by atoms with Gasteiger partial charge in [-0.1, -0.05) is 129 Å². The zero-order chi connectivity index (χ0) is 70.0. The van der Waals surface area contributed by atoms with Gasteiger partial charge in [-0.3, -0.25) is 0 Å². The second kappa shape index (κ2) is 43.7. The molecule has 33 nitrogen and oxygen atoms in total. The van der Waals surface area contributed by atoms with Gasteiger partial charge in [-0.25, -0.2) is 0 Å². The molecule has 0 saturated carbocycles. The molecule has 0 aromatic heterocycles. The minimum Gasteiger partial charge on any atom is -0.394 e. The number of unbranched alkanes of at least 4 members (excludes halogenated alkanes) is 18. The third kappa shape index (κ3) is 23.3. The molecular weight excluding hydrogens is 1280 g/mol. The van der Waals surface area contributed by atoms with Crippen molar-refractivity contribution in [3.63, 3.8) is 0 Å². The number of aliphatic hydroxyl groups excluding tert-OH is 19. The molecule has 6 saturated heterocycles. The normalized spacial score (nSPS) is 40.9. The lowest BCUT2D eigenvalue weighted by Gasteiger charge is -2.50. The van der Waals surface area contributed by atoms with E-state index >= 15 is 0 Å². The number of hydrogen-bond donors (Lipinski definition) is 19. The summed E-state index contributed by atoms with van der Waals surface area (Å²) in [6.45, 7) is -0.188. The molecule has 0 aromatic carbocycles. The van der Waals surface area contributed by atoms with Crippen LogP contribution in [0.3, 0.4) is 0 Å². The van der Waals surface area contributed by atoms with Crippen molar-refractivity contribution in [3.8, 4) is 0 Å². The van der Waals surface area contributed by atoms with Gasteiger partial charge in [0.25, 0.3) is 0 Å². The first kappa shape index (κ1) is 83.6. The van der Waals surface area contributed by atoms with E-state index in [4.69, 9.17) is 66.3 Å².